The molecule has 2 aromatic rings. The number of esters is 1. The van der Waals surface area contributed by atoms with Crippen LogP contribution in [-0.2, 0) is 17.5 Å². The minimum Gasteiger partial charge on any atom is -0.461 e. The summed E-state index contributed by atoms with van der Waals surface area (Å²) in [6.07, 6.45) is -4.80. The zero-order chi connectivity index (χ0) is 15.6. The minimum absolute atomic E-state index is 0.0614. The summed E-state index contributed by atoms with van der Waals surface area (Å²) in [5.74, 6) is -0.940. The summed E-state index contributed by atoms with van der Waals surface area (Å²) < 4.78 is 49.9. The highest BCUT2D eigenvalue weighted by atomic mass is 79.9. The molecule has 0 radical (unpaired) electrons. The van der Waals surface area contributed by atoms with Gasteiger partial charge in [-0.05, 0) is 35.0 Å². The molecule has 0 N–H and O–H groups in total. The predicted molar refractivity (Wildman–Crippen MR) is 66.5 cm³/mol. The van der Waals surface area contributed by atoms with Gasteiger partial charge in [-0.3, -0.25) is 0 Å². The predicted octanol–water partition coefficient (Wildman–Crippen LogP) is 2.88. The van der Waals surface area contributed by atoms with Gasteiger partial charge in [-0.25, -0.2) is 9.48 Å². The van der Waals surface area contributed by atoms with E-state index in [0.29, 0.717) is 9.35 Å². The summed E-state index contributed by atoms with van der Waals surface area (Å²) in [5, 5.41) is 6.63. The number of hydrogen-bond acceptors (Lipinski definition) is 5. The third-order valence-electron chi connectivity index (χ3n) is 2.41. The van der Waals surface area contributed by atoms with Crippen LogP contribution in [0.5, 0.6) is 0 Å². The second kappa shape index (κ2) is 5.88. The summed E-state index contributed by atoms with van der Waals surface area (Å²) in [6.45, 7) is 1.11. The molecule has 0 atom stereocenters. The molecule has 0 fully saturated rings. The van der Waals surface area contributed by atoms with Crippen LogP contribution in [-0.4, -0.2) is 27.6 Å². The van der Waals surface area contributed by atoms with Crippen molar-refractivity contribution in [2.75, 3.05) is 6.61 Å². The Morgan fingerprint density at radius 1 is 1.48 bits per heavy atom. The first kappa shape index (κ1) is 15.5. The first-order chi connectivity index (χ1) is 9.82. The van der Waals surface area contributed by atoms with Crippen molar-refractivity contribution in [1.29, 1.82) is 0 Å². The van der Waals surface area contributed by atoms with Crippen LogP contribution in [0.4, 0.5) is 13.2 Å². The van der Waals surface area contributed by atoms with E-state index in [4.69, 9.17) is 4.42 Å². The van der Waals surface area contributed by atoms with E-state index in [-0.39, 0.29) is 18.9 Å². The van der Waals surface area contributed by atoms with Gasteiger partial charge in [0.1, 0.15) is 12.3 Å². The molecular formula is C11H9BrF3N3O3. The SMILES string of the molecule is CCOC(=O)c1nnn(Cc2ccc(Br)o2)c1C(F)(F)F. The second-order valence-electron chi connectivity index (χ2n) is 3.87. The van der Waals surface area contributed by atoms with Gasteiger partial charge in [0.05, 0.1) is 6.61 Å². The molecule has 0 amide bonds. The van der Waals surface area contributed by atoms with Gasteiger partial charge in [-0.15, -0.1) is 5.10 Å². The van der Waals surface area contributed by atoms with Crippen molar-refractivity contribution in [1.82, 2.24) is 15.0 Å². The molecular weight excluding hydrogens is 359 g/mol. The van der Waals surface area contributed by atoms with Crippen molar-refractivity contribution < 1.29 is 27.1 Å². The van der Waals surface area contributed by atoms with E-state index in [1.54, 1.807) is 0 Å². The number of nitrogens with zero attached hydrogens (tertiary/aromatic N) is 3. The highest BCUT2D eigenvalue weighted by Crippen LogP contribution is 2.32. The summed E-state index contributed by atoms with van der Waals surface area (Å²) in [5.41, 5.74) is -2.14. The van der Waals surface area contributed by atoms with Gasteiger partial charge in [0.25, 0.3) is 0 Å². The number of ether oxygens (including phenoxy) is 1. The molecule has 10 heteroatoms. The lowest BCUT2D eigenvalue weighted by Crippen LogP contribution is -2.19. The van der Waals surface area contributed by atoms with Gasteiger partial charge in [-0.2, -0.15) is 13.2 Å². The molecule has 2 aromatic heterocycles. The molecule has 0 aliphatic heterocycles. The first-order valence-electron chi connectivity index (χ1n) is 5.75. The van der Waals surface area contributed by atoms with Gasteiger partial charge in [0, 0.05) is 0 Å². The molecule has 0 unspecified atom stereocenters. The summed E-state index contributed by atoms with van der Waals surface area (Å²) in [7, 11) is 0. The highest BCUT2D eigenvalue weighted by molar-refractivity contribution is 9.10. The Labute approximate surface area is 125 Å². The van der Waals surface area contributed by atoms with E-state index >= 15 is 0 Å². The number of carbonyl (C=O) groups excluding carboxylic acids is 1. The summed E-state index contributed by atoms with van der Waals surface area (Å²) in [6, 6.07) is 3.02. The zero-order valence-electron chi connectivity index (χ0n) is 10.6. The normalized spacial score (nSPS) is 11.7. The van der Waals surface area contributed by atoms with Crippen molar-refractivity contribution in [2.45, 2.75) is 19.6 Å². The molecule has 0 bridgehead atoms. The van der Waals surface area contributed by atoms with E-state index in [1.807, 2.05) is 0 Å². The number of hydrogen-bond donors (Lipinski definition) is 0. The van der Waals surface area contributed by atoms with Gasteiger partial charge in [0.15, 0.2) is 10.4 Å². The lowest BCUT2D eigenvalue weighted by atomic mass is 10.3. The number of furan rings is 1. The molecule has 0 aliphatic rings. The number of halogens is 4. The van der Waals surface area contributed by atoms with E-state index in [1.165, 1.54) is 19.1 Å². The lowest BCUT2D eigenvalue weighted by molar-refractivity contribution is -0.144. The van der Waals surface area contributed by atoms with Crippen LogP contribution in [0.3, 0.4) is 0 Å². The maximum absolute atomic E-state index is 13.1. The summed E-state index contributed by atoms with van der Waals surface area (Å²) >= 11 is 3.04. The molecule has 2 rings (SSSR count). The van der Waals surface area contributed by atoms with Crippen molar-refractivity contribution >= 4 is 21.9 Å². The fourth-order valence-corrected chi connectivity index (χ4v) is 1.97. The van der Waals surface area contributed by atoms with E-state index in [2.05, 4.69) is 31.0 Å². The fraction of sp³-hybridized carbons (Fsp3) is 0.364. The molecule has 2 heterocycles. The average molecular weight is 368 g/mol. The summed E-state index contributed by atoms with van der Waals surface area (Å²) in [4.78, 5) is 11.5. The van der Waals surface area contributed by atoms with Crippen LogP contribution in [0.15, 0.2) is 21.2 Å². The Morgan fingerprint density at radius 2 is 2.19 bits per heavy atom. The Hall–Kier alpha value is -1.84. The van der Waals surface area contributed by atoms with Crippen molar-refractivity contribution in [3.63, 3.8) is 0 Å². The second-order valence-corrected chi connectivity index (χ2v) is 4.65. The average Bonchev–Trinajstić information content (AvgIpc) is 2.96. The van der Waals surface area contributed by atoms with Crippen molar-refractivity contribution in [2.24, 2.45) is 0 Å². The fourth-order valence-electron chi connectivity index (χ4n) is 1.63. The Morgan fingerprint density at radius 3 is 2.71 bits per heavy atom. The Kier molecular flexibility index (Phi) is 4.35. The highest BCUT2D eigenvalue weighted by Gasteiger charge is 2.42. The maximum Gasteiger partial charge on any atom is 0.435 e. The Balaban J connectivity index is 2.39. The third kappa shape index (κ3) is 3.43. The molecule has 0 saturated carbocycles. The third-order valence-corrected chi connectivity index (χ3v) is 2.83. The van der Waals surface area contributed by atoms with E-state index in [0.717, 1.165) is 0 Å². The smallest absolute Gasteiger partial charge is 0.435 e. The van der Waals surface area contributed by atoms with Gasteiger partial charge < -0.3 is 9.15 Å². The van der Waals surface area contributed by atoms with Crippen LogP contribution in [0, 0.1) is 0 Å². The van der Waals surface area contributed by atoms with Crippen LogP contribution in [0.25, 0.3) is 0 Å². The van der Waals surface area contributed by atoms with Crippen LogP contribution >= 0.6 is 15.9 Å². The minimum atomic E-state index is -4.80. The monoisotopic (exact) mass is 367 g/mol. The first-order valence-corrected chi connectivity index (χ1v) is 6.54. The topological polar surface area (TPSA) is 70.2 Å². The largest absolute Gasteiger partial charge is 0.461 e. The number of aromatic nitrogens is 3. The quantitative estimate of drug-likeness (QED) is 0.777. The van der Waals surface area contributed by atoms with Crippen LogP contribution < -0.4 is 0 Å². The van der Waals surface area contributed by atoms with Gasteiger partial charge in [0.2, 0.25) is 5.69 Å². The molecule has 0 aromatic carbocycles. The van der Waals surface area contributed by atoms with Crippen LogP contribution in [0.2, 0.25) is 0 Å². The van der Waals surface area contributed by atoms with Crippen molar-refractivity contribution in [3.05, 3.63) is 34.0 Å². The zero-order valence-corrected chi connectivity index (χ0v) is 12.2. The van der Waals surface area contributed by atoms with Gasteiger partial charge in [-0.1, -0.05) is 5.21 Å². The molecule has 0 aliphatic carbocycles. The number of carbonyl (C=O) groups is 1. The molecule has 114 valence electrons. The number of rotatable bonds is 4. The Bertz CT molecular complexity index is 651. The van der Waals surface area contributed by atoms with Crippen molar-refractivity contribution in [3.8, 4) is 0 Å². The lowest BCUT2D eigenvalue weighted by Gasteiger charge is -2.09. The van der Waals surface area contributed by atoms with E-state index in [9.17, 15) is 18.0 Å². The molecule has 6 nitrogen and oxygen atoms in total. The molecule has 0 spiro atoms. The van der Waals surface area contributed by atoms with E-state index < -0.39 is 23.5 Å². The molecule has 0 saturated heterocycles. The molecule has 21 heavy (non-hydrogen) atoms. The van der Waals surface area contributed by atoms with Crippen LogP contribution in [0.1, 0.15) is 28.9 Å². The van der Waals surface area contributed by atoms with Gasteiger partial charge >= 0.3 is 12.1 Å². The standard InChI is InChI=1S/C11H9BrF3N3O3/c1-2-20-10(19)8-9(11(13,14)15)18(17-16-8)5-6-3-4-7(12)21-6/h3-4H,2,5H2,1H3. The number of alkyl halides is 3. The maximum atomic E-state index is 13.1.